The molecule has 0 aliphatic carbocycles. The molecule has 0 atom stereocenters. The Balaban J connectivity index is 1.39. The lowest BCUT2D eigenvalue weighted by Gasteiger charge is -2.18. The van der Waals surface area contributed by atoms with Crippen molar-refractivity contribution in [3.05, 3.63) is 120 Å². The Kier molecular flexibility index (Phi) is 12.9. The molecule has 4 aromatic carbocycles. The third-order valence-corrected chi connectivity index (χ3v) is 8.18. The van der Waals surface area contributed by atoms with Gasteiger partial charge < -0.3 is 19.7 Å². The highest BCUT2D eigenvalue weighted by molar-refractivity contribution is 5.91. The Labute approximate surface area is 272 Å². The summed E-state index contributed by atoms with van der Waals surface area (Å²) in [7, 11) is 0. The molecule has 0 saturated heterocycles. The van der Waals surface area contributed by atoms with Gasteiger partial charge in [0.05, 0.1) is 37.6 Å². The number of ether oxygens (including phenoxy) is 2. The van der Waals surface area contributed by atoms with E-state index in [0.29, 0.717) is 12.8 Å². The third-order valence-electron chi connectivity index (χ3n) is 8.18. The fraction of sp³-hybridized carbons (Fsp3) is 0.300. The van der Waals surface area contributed by atoms with Crippen LogP contribution in [-0.4, -0.2) is 48.6 Å². The molecule has 4 aromatic rings. The number of aryl methyl sites for hydroxylation is 2. The molecule has 2 N–H and O–H groups in total. The van der Waals surface area contributed by atoms with Gasteiger partial charge in [-0.15, -0.1) is 0 Å². The zero-order valence-electron chi connectivity index (χ0n) is 26.7. The van der Waals surface area contributed by atoms with Gasteiger partial charge in [0.1, 0.15) is 0 Å². The number of carbonyl (C=O) groups is 2. The SMILES string of the molecule is C=C(CO)C(=O)OCC(CCc1ccc(-c2ccc3cc(-c4ccc(CCCCC)cc4)ccc3c2)cc1)COC(=O)C(=C)CO. The molecule has 0 bridgehead atoms. The second-order valence-electron chi connectivity index (χ2n) is 11.8. The van der Waals surface area contributed by atoms with E-state index in [1.807, 2.05) is 0 Å². The molecule has 0 heterocycles. The van der Waals surface area contributed by atoms with Gasteiger partial charge in [-0.25, -0.2) is 9.59 Å². The molecule has 0 aliphatic heterocycles. The van der Waals surface area contributed by atoms with E-state index in [9.17, 15) is 9.59 Å². The van der Waals surface area contributed by atoms with Crippen LogP contribution in [0.3, 0.4) is 0 Å². The van der Waals surface area contributed by atoms with Crippen molar-refractivity contribution in [3.63, 3.8) is 0 Å². The third kappa shape index (κ3) is 9.74. The van der Waals surface area contributed by atoms with E-state index in [-0.39, 0.29) is 30.3 Å². The Morgan fingerprint density at radius 1 is 0.630 bits per heavy atom. The lowest BCUT2D eigenvalue weighted by molar-refractivity contribution is -0.144. The van der Waals surface area contributed by atoms with Gasteiger partial charge in [0.25, 0.3) is 0 Å². The maximum atomic E-state index is 12.0. The highest BCUT2D eigenvalue weighted by atomic mass is 16.5. The summed E-state index contributed by atoms with van der Waals surface area (Å²) < 4.78 is 10.5. The molecule has 0 saturated carbocycles. The highest BCUT2D eigenvalue weighted by Crippen LogP contribution is 2.29. The van der Waals surface area contributed by atoms with Gasteiger partial charge in [-0.3, -0.25) is 0 Å². The Morgan fingerprint density at radius 2 is 1.07 bits per heavy atom. The molecular weight excluding hydrogens is 576 g/mol. The fourth-order valence-electron chi connectivity index (χ4n) is 5.22. The Morgan fingerprint density at radius 3 is 1.50 bits per heavy atom. The quantitative estimate of drug-likeness (QED) is 0.0716. The van der Waals surface area contributed by atoms with Crippen molar-refractivity contribution < 1.29 is 29.3 Å². The standard InChI is InChI=1S/C40H44O6/c1-4-5-6-7-30-10-14-33(15-11-30)35-18-20-38-23-36(19-21-37(38)22-35)34-16-12-31(13-17-34)8-9-32(26-45-39(43)28(2)24-41)27-46-40(44)29(3)25-42/h10-23,32,41-42H,2-9,24-27H2,1H3. The summed E-state index contributed by atoms with van der Waals surface area (Å²) in [6.07, 6.45) is 6.13. The molecule has 0 aliphatic rings. The molecule has 0 aromatic heterocycles. The van der Waals surface area contributed by atoms with Crippen LogP contribution in [0, 0.1) is 5.92 Å². The van der Waals surface area contributed by atoms with Crippen LogP contribution < -0.4 is 0 Å². The van der Waals surface area contributed by atoms with E-state index in [4.69, 9.17) is 19.7 Å². The van der Waals surface area contributed by atoms with Crippen LogP contribution in [0.2, 0.25) is 0 Å². The molecule has 4 rings (SSSR count). The lowest BCUT2D eigenvalue weighted by Crippen LogP contribution is -2.23. The summed E-state index contributed by atoms with van der Waals surface area (Å²) in [5.41, 5.74) is 7.08. The minimum absolute atomic E-state index is 0.00201. The van der Waals surface area contributed by atoms with Crippen molar-refractivity contribution in [3.8, 4) is 22.3 Å². The van der Waals surface area contributed by atoms with E-state index < -0.39 is 25.2 Å². The van der Waals surface area contributed by atoms with Crippen LogP contribution in [-0.2, 0) is 31.9 Å². The molecule has 6 nitrogen and oxygen atoms in total. The summed E-state index contributed by atoms with van der Waals surface area (Å²) >= 11 is 0. The molecule has 0 amide bonds. The number of aliphatic hydroxyl groups is 2. The lowest BCUT2D eigenvalue weighted by atomic mass is 9.95. The van der Waals surface area contributed by atoms with Gasteiger partial charge in [-0.1, -0.05) is 106 Å². The number of rotatable bonds is 17. The first kappa shape index (κ1) is 34.4. The number of fused-ring (bicyclic) bond motifs is 1. The minimum Gasteiger partial charge on any atom is -0.462 e. The van der Waals surface area contributed by atoms with Crippen LogP contribution in [0.1, 0.15) is 43.7 Å². The summed E-state index contributed by atoms with van der Waals surface area (Å²) in [6.45, 7) is 8.21. The minimum atomic E-state index is -0.693. The molecule has 46 heavy (non-hydrogen) atoms. The second-order valence-corrected chi connectivity index (χ2v) is 11.8. The van der Waals surface area contributed by atoms with E-state index in [0.717, 1.165) is 23.1 Å². The van der Waals surface area contributed by atoms with Crippen molar-refractivity contribution in [2.45, 2.75) is 45.4 Å². The predicted molar refractivity (Wildman–Crippen MR) is 184 cm³/mol. The number of carbonyl (C=O) groups excluding carboxylic acids is 2. The van der Waals surface area contributed by atoms with E-state index >= 15 is 0 Å². The zero-order valence-corrected chi connectivity index (χ0v) is 26.7. The molecule has 0 spiro atoms. The van der Waals surface area contributed by atoms with E-state index in [2.05, 4.69) is 105 Å². The monoisotopic (exact) mass is 620 g/mol. The summed E-state index contributed by atoms with van der Waals surface area (Å²) in [4.78, 5) is 24.0. The van der Waals surface area contributed by atoms with Gasteiger partial charge in [0, 0.05) is 5.92 Å². The van der Waals surface area contributed by atoms with Crippen molar-refractivity contribution in [2.75, 3.05) is 26.4 Å². The van der Waals surface area contributed by atoms with E-state index in [1.165, 1.54) is 46.7 Å². The zero-order chi connectivity index (χ0) is 32.9. The average Bonchev–Trinajstić information content (AvgIpc) is 3.10. The smallest absolute Gasteiger partial charge is 0.335 e. The topological polar surface area (TPSA) is 93.1 Å². The average molecular weight is 621 g/mol. The molecule has 0 fully saturated rings. The first-order valence-corrected chi connectivity index (χ1v) is 15.9. The highest BCUT2D eigenvalue weighted by Gasteiger charge is 2.18. The van der Waals surface area contributed by atoms with Crippen LogP contribution in [0.15, 0.2) is 109 Å². The number of hydrogen-bond acceptors (Lipinski definition) is 6. The summed E-state index contributed by atoms with van der Waals surface area (Å²) in [5, 5.41) is 20.6. The maximum absolute atomic E-state index is 12.0. The number of aliphatic hydroxyl groups excluding tert-OH is 2. The van der Waals surface area contributed by atoms with Gasteiger partial charge >= 0.3 is 11.9 Å². The number of hydrogen-bond donors (Lipinski definition) is 2. The molecule has 6 heteroatoms. The Hall–Kier alpha value is -4.52. The van der Waals surface area contributed by atoms with Crippen LogP contribution in [0.4, 0.5) is 0 Å². The van der Waals surface area contributed by atoms with Gasteiger partial charge in [-0.2, -0.15) is 0 Å². The maximum Gasteiger partial charge on any atom is 0.335 e. The van der Waals surface area contributed by atoms with Crippen LogP contribution >= 0.6 is 0 Å². The Bertz CT molecular complexity index is 1600. The van der Waals surface area contributed by atoms with Crippen molar-refractivity contribution >= 4 is 22.7 Å². The summed E-state index contributed by atoms with van der Waals surface area (Å²) in [6, 6.07) is 30.4. The summed E-state index contributed by atoms with van der Waals surface area (Å²) in [5.74, 6) is -1.68. The predicted octanol–water partition coefficient (Wildman–Crippen LogP) is 7.64. The van der Waals surface area contributed by atoms with Crippen molar-refractivity contribution in [2.24, 2.45) is 5.92 Å². The number of unbranched alkanes of at least 4 members (excludes halogenated alkanes) is 2. The van der Waals surface area contributed by atoms with Gasteiger partial charge in [-0.05, 0) is 82.0 Å². The molecule has 240 valence electrons. The normalized spacial score (nSPS) is 11.0. The molecule has 0 unspecified atom stereocenters. The van der Waals surface area contributed by atoms with Crippen LogP contribution in [0.25, 0.3) is 33.0 Å². The van der Waals surface area contributed by atoms with Gasteiger partial charge in [0.15, 0.2) is 0 Å². The first-order valence-electron chi connectivity index (χ1n) is 15.9. The number of esters is 2. The van der Waals surface area contributed by atoms with E-state index in [1.54, 1.807) is 0 Å². The van der Waals surface area contributed by atoms with Crippen molar-refractivity contribution in [1.82, 2.24) is 0 Å². The first-order chi connectivity index (χ1) is 22.3. The second kappa shape index (κ2) is 17.2. The van der Waals surface area contributed by atoms with Crippen molar-refractivity contribution in [1.29, 1.82) is 0 Å². The molecule has 0 radical (unpaired) electrons. The number of benzene rings is 4. The van der Waals surface area contributed by atoms with Crippen LogP contribution in [0.5, 0.6) is 0 Å². The molecular formula is C40H44O6. The fourth-order valence-corrected chi connectivity index (χ4v) is 5.22. The largest absolute Gasteiger partial charge is 0.462 e. The van der Waals surface area contributed by atoms with Gasteiger partial charge in [0.2, 0.25) is 0 Å².